The Morgan fingerprint density at radius 1 is 1.15 bits per heavy atom. The summed E-state index contributed by atoms with van der Waals surface area (Å²) in [6.07, 6.45) is 2.41. The third kappa shape index (κ3) is 4.17. The zero-order valence-corrected chi connectivity index (χ0v) is 16.9. The summed E-state index contributed by atoms with van der Waals surface area (Å²) >= 11 is 6.22. The van der Waals surface area contributed by atoms with Crippen LogP contribution in [0.15, 0.2) is 51.9 Å². The maximum Gasteiger partial charge on any atom is 0.175 e. The van der Waals surface area contributed by atoms with Crippen LogP contribution in [0, 0.1) is 0 Å². The van der Waals surface area contributed by atoms with Gasteiger partial charge in [-0.25, -0.2) is 8.42 Å². The van der Waals surface area contributed by atoms with E-state index in [0.29, 0.717) is 23.6 Å². The van der Waals surface area contributed by atoms with E-state index >= 15 is 0 Å². The highest BCUT2D eigenvalue weighted by atomic mass is 35.5. The van der Waals surface area contributed by atoms with Gasteiger partial charge in [-0.3, -0.25) is 0 Å². The van der Waals surface area contributed by atoms with E-state index in [0.717, 1.165) is 28.1 Å². The first-order valence-electron chi connectivity index (χ1n) is 8.43. The molecule has 0 saturated carbocycles. The Bertz CT molecular complexity index is 1060. The lowest BCUT2D eigenvalue weighted by atomic mass is 9.98. The highest BCUT2D eigenvalue weighted by Crippen LogP contribution is 2.32. The average molecular weight is 406 g/mol. The first kappa shape index (κ1) is 19.5. The van der Waals surface area contributed by atoms with Crippen LogP contribution < -0.4 is 4.74 Å². The van der Waals surface area contributed by atoms with Crippen LogP contribution in [0.1, 0.15) is 23.9 Å². The number of hydrogen-bond donors (Lipinski definition) is 0. The fraction of sp³-hybridized carbons (Fsp3) is 0.250. The number of nitrogens with zero attached hydrogens (tertiary/aromatic N) is 1. The minimum atomic E-state index is -3.24. The normalized spacial score (nSPS) is 11.6. The third-order valence-corrected chi connectivity index (χ3v) is 5.74. The molecular formula is C20H20ClNO4S. The SMILES string of the molecule is CCc1onc(Cc2ccc(OC)c(Cl)c2)c1-c1ccc(S(C)(=O)=O)cc1. The summed E-state index contributed by atoms with van der Waals surface area (Å²) in [6, 6.07) is 12.4. The Kier molecular flexibility index (Phi) is 5.58. The fourth-order valence-corrected chi connectivity index (χ4v) is 3.84. The smallest absolute Gasteiger partial charge is 0.175 e. The van der Waals surface area contributed by atoms with Crippen molar-refractivity contribution in [2.75, 3.05) is 13.4 Å². The minimum absolute atomic E-state index is 0.282. The van der Waals surface area contributed by atoms with Crippen molar-refractivity contribution in [3.05, 3.63) is 64.5 Å². The first-order chi connectivity index (χ1) is 12.8. The Balaban J connectivity index is 1.99. The van der Waals surface area contributed by atoms with Gasteiger partial charge in [-0.1, -0.05) is 41.9 Å². The first-order valence-corrected chi connectivity index (χ1v) is 10.7. The van der Waals surface area contributed by atoms with Crippen molar-refractivity contribution in [2.45, 2.75) is 24.7 Å². The standard InChI is InChI=1S/C20H20ClNO4S/c1-4-18-20(14-6-8-15(9-7-14)27(3,23)24)17(22-26-18)12-13-5-10-19(25-2)16(21)11-13/h5-11H,4,12H2,1-3H3. The molecule has 0 amide bonds. The highest BCUT2D eigenvalue weighted by Gasteiger charge is 2.18. The summed E-state index contributed by atoms with van der Waals surface area (Å²) in [7, 11) is -1.67. The molecule has 1 heterocycles. The van der Waals surface area contributed by atoms with Crippen LogP contribution in [0.25, 0.3) is 11.1 Å². The molecule has 7 heteroatoms. The van der Waals surface area contributed by atoms with Gasteiger partial charge in [-0.2, -0.15) is 0 Å². The minimum Gasteiger partial charge on any atom is -0.495 e. The van der Waals surface area contributed by atoms with Crippen molar-refractivity contribution in [3.8, 4) is 16.9 Å². The molecule has 0 radical (unpaired) electrons. The predicted molar refractivity (Wildman–Crippen MR) is 105 cm³/mol. The lowest BCUT2D eigenvalue weighted by Gasteiger charge is -2.07. The molecule has 27 heavy (non-hydrogen) atoms. The van der Waals surface area contributed by atoms with E-state index in [1.807, 2.05) is 25.1 Å². The predicted octanol–water partition coefficient (Wildman–Crippen LogP) is 4.56. The van der Waals surface area contributed by atoms with Crippen LogP contribution in [0.2, 0.25) is 5.02 Å². The molecule has 0 aliphatic heterocycles. The van der Waals surface area contributed by atoms with Crippen molar-refractivity contribution in [1.82, 2.24) is 5.16 Å². The van der Waals surface area contributed by atoms with Crippen molar-refractivity contribution >= 4 is 21.4 Å². The zero-order chi connectivity index (χ0) is 19.6. The number of rotatable bonds is 6. The number of aryl methyl sites for hydroxylation is 1. The van der Waals surface area contributed by atoms with Gasteiger partial charge in [0.25, 0.3) is 0 Å². The molecule has 3 aromatic rings. The molecule has 0 N–H and O–H groups in total. The summed E-state index contributed by atoms with van der Waals surface area (Å²) < 4.78 is 34.1. The maximum atomic E-state index is 11.7. The summed E-state index contributed by atoms with van der Waals surface area (Å²) in [5.74, 6) is 1.38. The molecule has 0 spiro atoms. The van der Waals surface area contributed by atoms with E-state index in [2.05, 4.69) is 5.16 Å². The number of hydrogen-bond acceptors (Lipinski definition) is 5. The average Bonchev–Trinajstić information content (AvgIpc) is 3.04. The molecule has 0 aliphatic carbocycles. The van der Waals surface area contributed by atoms with Gasteiger partial charge in [0, 0.05) is 24.7 Å². The van der Waals surface area contributed by atoms with Gasteiger partial charge in [0.1, 0.15) is 11.5 Å². The lowest BCUT2D eigenvalue weighted by Crippen LogP contribution is -1.97. The van der Waals surface area contributed by atoms with Gasteiger partial charge < -0.3 is 9.26 Å². The van der Waals surface area contributed by atoms with Gasteiger partial charge in [0.15, 0.2) is 9.84 Å². The number of aromatic nitrogens is 1. The van der Waals surface area contributed by atoms with Crippen LogP contribution in [0.4, 0.5) is 0 Å². The van der Waals surface area contributed by atoms with E-state index in [1.54, 1.807) is 31.4 Å². The fourth-order valence-electron chi connectivity index (χ4n) is 2.93. The van der Waals surface area contributed by atoms with Gasteiger partial charge in [0.05, 0.1) is 22.7 Å². The summed E-state index contributed by atoms with van der Waals surface area (Å²) in [6.45, 7) is 1.99. The summed E-state index contributed by atoms with van der Waals surface area (Å²) in [5, 5.41) is 4.77. The van der Waals surface area contributed by atoms with E-state index in [9.17, 15) is 8.42 Å². The van der Waals surface area contributed by atoms with Gasteiger partial charge in [-0.15, -0.1) is 0 Å². The van der Waals surface area contributed by atoms with Crippen LogP contribution in [-0.2, 0) is 22.7 Å². The Morgan fingerprint density at radius 3 is 2.41 bits per heavy atom. The zero-order valence-electron chi connectivity index (χ0n) is 15.3. The van der Waals surface area contributed by atoms with Crippen LogP contribution in [-0.4, -0.2) is 26.9 Å². The molecule has 0 aliphatic rings. The summed E-state index contributed by atoms with van der Waals surface area (Å²) in [5.41, 5.74) is 3.52. The van der Waals surface area contributed by atoms with Crippen molar-refractivity contribution < 1.29 is 17.7 Å². The van der Waals surface area contributed by atoms with Gasteiger partial charge in [-0.05, 0) is 35.4 Å². The van der Waals surface area contributed by atoms with E-state index < -0.39 is 9.84 Å². The molecule has 0 saturated heterocycles. The van der Waals surface area contributed by atoms with Crippen molar-refractivity contribution in [1.29, 1.82) is 0 Å². The number of sulfone groups is 1. The Labute approximate surface area is 163 Å². The molecule has 2 aromatic carbocycles. The monoisotopic (exact) mass is 405 g/mol. The Hall–Kier alpha value is -2.31. The van der Waals surface area contributed by atoms with E-state index in [4.69, 9.17) is 20.9 Å². The Morgan fingerprint density at radius 2 is 1.85 bits per heavy atom. The molecule has 1 aromatic heterocycles. The van der Waals surface area contributed by atoms with Crippen LogP contribution >= 0.6 is 11.6 Å². The highest BCUT2D eigenvalue weighted by molar-refractivity contribution is 7.90. The molecule has 0 bridgehead atoms. The molecule has 142 valence electrons. The van der Waals surface area contributed by atoms with Crippen molar-refractivity contribution in [3.63, 3.8) is 0 Å². The molecular weight excluding hydrogens is 386 g/mol. The molecule has 3 rings (SSSR count). The second-order valence-electron chi connectivity index (χ2n) is 6.22. The summed E-state index contributed by atoms with van der Waals surface area (Å²) in [4.78, 5) is 0.282. The number of benzene rings is 2. The third-order valence-electron chi connectivity index (χ3n) is 4.31. The molecule has 0 atom stereocenters. The second kappa shape index (κ2) is 7.74. The quantitative estimate of drug-likeness (QED) is 0.601. The van der Waals surface area contributed by atoms with E-state index in [1.165, 1.54) is 6.26 Å². The number of ether oxygens (including phenoxy) is 1. The second-order valence-corrected chi connectivity index (χ2v) is 8.65. The largest absolute Gasteiger partial charge is 0.495 e. The maximum absolute atomic E-state index is 11.7. The van der Waals surface area contributed by atoms with Crippen molar-refractivity contribution in [2.24, 2.45) is 0 Å². The van der Waals surface area contributed by atoms with Crippen LogP contribution in [0.5, 0.6) is 5.75 Å². The molecule has 0 fully saturated rings. The van der Waals surface area contributed by atoms with Crippen LogP contribution in [0.3, 0.4) is 0 Å². The molecule has 5 nitrogen and oxygen atoms in total. The molecule has 0 unspecified atom stereocenters. The lowest BCUT2D eigenvalue weighted by molar-refractivity contribution is 0.382. The number of methoxy groups -OCH3 is 1. The van der Waals surface area contributed by atoms with Gasteiger partial charge in [0.2, 0.25) is 0 Å². The number of halogens is 1. The van der Waals surface area contributed by atoms with E-state index in [-0.39, 0.29) is 4.90 Å². The van der Waals surface area contributed by atoms with Gasteiger partial charge >= 0.3 is 0 Å². The topological polar surface area (TPSA) is 69.4 Å².